The van der Waals surface area contributed by atoms with Crippen molar-refractivity contribution in [2.75, 3.05) is 25.1 Å². The second-order valence-corrected chi connectivity index (χ2v) is 5.60. The zero-order valence-electron chi connectivity index (χ0n) is 11.0. The predicted molar refractivity (Wildman–Crippen MR) is 77.7 cm³/mol. The van der Waals surface area contributed by atoms with Crippen molar-refractivity contribution in [3.05, 3.63) is 16.6 Å². The molecule has 1 heterocycles. The van der Waals surface area contributed by atoms with E-state index in [-0.39, 0.29) is 0 Å². The third-order valence-corrected chi connectivity index (χ3v) is 3.71. The second kappa shape index (κ2) is 6.32. The third-order valence-electron chi connectivity index (χ3n) is 3.05. The van der Waals surface area contributed by atoms with Gasteiger partial charge in [-0.15, -0.1) is 0 Å². The van der Waals surface area contributed by atoms with E-state index in [1.165, 1.54) is 12.8 Å². The SMILES string of the molecule is CCCC(C)CNc1cc2c(cc1Br)OCCO2. The van der Waals surface area contributed by atoms with Crippen molar-refractivity contribution in [1.82, 2.24) is 0 Å². The molecule has 3 nitrogen and oxygen atoms in total. The normalized spacial score (nSPS) is 15.3. The van der Waals surface area contributed by atoms with Crippen LogP contribution in [0, 0.1) is 5.92 Å². The van der Waals surface area contributed by atoms with Gasteiger partial charge in [0, 0.05) is 23.2 Å². The van der Waals surface area contributed by atoms with Crippen LogP contribution in [0.2, 0.25) is 0 Å². The van der Waals surface area contributed by atoms with Crippen LogP contribution in [0.3, 0.4) is 0 Å². The van der Waals surface area contributed by atoms with Gasteiger partial charge in [-0.3, -0.25) is 0 Å². The summed E-state index contributed by atoms with van der Waals surface area (Å²) in [5.41, 5.74) is 1.07. The summed E-state index contributed by atoms with van der Waals surface area (Å²) >= 11 is 3.57. The molecule has 4 heteroatoms. The third kappa shape index (κ3) is 3.31. The maximum atomic E-state index is 5.59. The first-order valence-corrected chi connectivity index (χ1v) is 7.33. The molecule has 1 N–H and O–H groups in total. The summed E-state index contributed by atoms with van der Waals surface area (Å²) < 4.78 is 12.2. The molecule has 0 radical (unpaired) electrons. The standard InChI is InChI=1S/C14H20BrNO2/c1-3-4-10(2)9-16-12-8-14-13(7-11(12)15)17-5-6-18-14/h7-8,10,16H,3-6,9H2,1-2H3. The number of halogens is 1. The summed E-state index contributed by atoms with van der Waals surface area (Å²) in [5.74, 6) is 2.32. The molecule has 0 spiro atoms. The van der Waals surface area contributed by atoms with E-state index in [4.69, 9.17) is 9.47 Å². The van der Waals surface area contributed by atoms with Crippen molar-refractivity contribution >= 4 is 21.6 Å². The molecule has 100 valence electrons. The molecule has 18 heavy (non-hydrogen) atoms. The van der Waals surface area contributed by atoms with Gasteiger partial charge in [-0.25, -0.2) is 0 Å². The molecule has 0 amide bonds. The molecule has 0 fully saturated rings. The summed E-state index contributed by atoms with van der Waals surface area (Å²) in [7, 11) is 0. The van der Waals surface area contributed by atoms with Crippen LogP contribution in [0.25, 0.3) is 0 Å². The van der Waals surface area contributed by atoms with Gasteiger partial charge in [-0.05, 0) is 28.3 Å². The van der Waals surface area contributed by atoms with Crippen LogP contribution in [-0.4, -0.2) is 19.8 Å². The van der Waals surface area contributed by atoms with E-state index >= 15 is 0 Å². The van der Waals surface area contributed by atoms with Gasteiger partial charge in [0.2, 0.25) is 0 Å². The van der Waals surface area contributed by atoms with Crippen LogP contribution in [0.4, 0.5) is 5.69 Å². The molecule has 0 saturated heterocycles. The summed E-state index contributed by atoms with van der Waals surface area (Å²) in [6, 6.07) is 3.98. The van der Waals surface area contributed by atoms with Gasteiger partial charge in [-0.2, -0.15) is 0 Å². The van der Waals surface area contributed by atoms with E-state index in [1.54, 1.807) is 0 Å². The van der Waals surface area contributed by atoms with E-state index in [0.29, 0.717) is 19.1 Å². The zero-order valence-corrected chi connectivity index (χ0v) is 12.5. The molecule has 1 atom stereocenters. The molecule has 0 aromatic heterocycles. The average molecular weight is 314 g/mol. The quantitative estimate of drug-likeness (QED) is 0.889. The van der Waals surface area contributed by atoms with Crippen LogP contribution in [0.15, 0.2) is 16.6 Å². The number of anilines is 1. The van der Waals surface area contributed by atoms with Gasteiger partial charge in [0.1, 0.15) is 13.2 Å². The fourth-order valence-electron chi connectivity index (χ4n) is 2.08. The maximum Gasteiger partial charge on any atom is 0.163 e. The van der Waals surface area contributed by atoms with Crippen molar-refractivity contribution in [3.8, 4) is 11.5 Å². The van der Waals surface area contributed by atoms with Crippen molar-refractivity contribution in [1.29, 1.82) is 0 Å². The smallest absolute Gasteiger partial charge is 0.163 e. The first kappa shape index (κ1) is 13.5. The van der Waals surface area contributed by atoms with Gasteiger partial charge >= 0.3 is 0 Å². The Balaban J connectivity index is 2.04. The Bertz CT molecular complexity index is 409. The number of benzene rings is 1. The summed E-state index contributed by atoms with van der Waals surface area (Å²) in [6.07, 6.45) is 2.47. The van der Waals surface area contributed by atoms with Crippen molar-refractivity contribution in [3.63, 3.8) is 0 Å². The van der Waals surface area contributed by atoms with Crippen molar-refractivity contribution in [2.45, 2.75) is 26.7 Å². The lowest BCUT2D eigenvalue weighted by molar-refractivity contribution is 0.171. The first-order chi connectivity index (χ1) is 8.70. The molecule has 1 unspecified atom stereocenters. The van der Waals surface area contributed by atoms with Crippen molar-refractivity contribution in [2.24, 2.45) is 5.92 Å². The first-order valence-electron chi connectivity index (χ1n) is 6.53. The summed E-state index contributed by atoms with van der Waals surface area (Å²) in [4.78, 5) is 0. The molecule has 2 rings (SSSR count). The van der Waals surface area contributed by atoms with E-state index in [0.717, 1.165) is 28.2 Å². The van der Waals surface area contributed by atoms with Crippen LogP contribution in [-0.2, 0) is 0 Å². The van der Waals surface area contributed by atoms with Gasteiger partial charge < -0.3 is 14.8 Å². The highest BCUT2D eigenvalue weighted by atomic mass is 79.9. The highest BCUT2D eigenvalue weighted by molar-refractivity contribution is 9.10. The molecule has 1 aliphatic rings. The lowest BCUT2D eigenvalue weighted by Gasteiger charge is -2.21. The molecular formula is C14H20BrNO2. The van der Waals surface area contributed by atoms with Crippen LogP contribution < -0.4 is 14.8 Å². The minimum absolute atomic E-state index is 0.625. The number of rotatable bonds is 5. The molecule has 1 aromatic rings. The van der Waals surface area contributed by atoms with E-state index in [2.05, 4.69) is 35.1 Å². The number of hydrogen-bond acceptors (Lipinski definition) is 3. The lowest BCUT2D eigenvalue weighted by Crippen LogP contribution is -2.16. The van der Waals surface area contributed by atoms with Crippen LogP contribution in [0.5, 0.6) is 11.5 Å². The fourth-order valence-corrected chi connectivity index (χ4v) is 2.54. The molecule has 0 saturated carbocycles. The summed E-state index contributed by atoms with van der Waals surface area (Å²) in [6.45, 7) is 6.71. The zero-order chi connectivity index (χ0) is 13.0. The van der Waals surface area contributed by atoms with E-state index in [1.807, 2.05) is 12.1 Å². The predicted octanol–water partition coefficient (Wildman–Crippen LogP) is 4.07. The number of fused-ring (bicyclic) bond motifs is 1. The van der Waals surface area contributed by atoms with Gasteiger partial charge in [0.05, 0.1) is 5.69 Å². The van der Waals surface area contributed by atoms with E-state index < -0.39 is 0 Å². The van der Waals surface area contributed by atoms with E-state index in [9.17, 15) is 0 Å². The molecule has 1 aromatic carbocycles. The molecular weight excluding hydrogens is 294 g/mol. The largest absolute Gasteiger partial charge is 0.486 e. The lowest BCUT2D eigenvalue weighted by atomic mass is 10.1. The molecule has 0 aliphatic carbocycles. The van der Waals surface area contributed by atoms with Gasteiger partial charge in [-0.1, -0.05) is 20.3 Å². The summed E-state index contributed by atoms with van der Waals surface area (Å²) in [5, 5.41) is 3.47. The minimum Gasteiger partial charge on any atom is -0.486 e. The Kier molecular flexibility index (Phi) is 4.75. The Morgan fingerprint density at radius 1 is 1.28 bits per heavy atom. The van der Waals surface area contributed by atoms with Crippen LogP contribution in [0.1, 0.15) is 26.7 Å². The van der Waals surface area contributed by atoms with Crippen molar-refractivity contribution < 1.29 is 9.47 Å². The Labute approximate surface area is 117 Å². The van der Waals surface area contributed by atoms with Crippen LogP contribution >= 0.6 is 15.9 Å². The number of hydrogen-bond donors (Lipinski definition) is 1. The Hall–Kier alpha value is -0.900. The highest BCUT2D eigenvalue weighted by Gasteiger charge is 2.15. The minimum atomic E-state index is 0.625. The fraction of sp³-hybridized carbons (Fsp3) is 0.571. The molecule has 0 bridgehead atoms. The topological polar surface area (TPSA) is 30.5 Å². The Morgan fingerprint density at radius 2 is 1.94 bits per heavy atom. The second-order valence-electron chi connectivity index (χ2n) is 4.75. The average Bonchev–Trinajstić information content (AvgIpc) is 2.36. The number of ether oxygens (including phenoxy) is 2. The Morgan fingerprint density at radius 3 is 2.61 bits per heavy atom. The van der Waals surface area contributed by atoms with Gasteiger partial charge in [0.15, 0.2) is 11.5 Å². The maximum absolute atomic E-state index is 5.59. The number of nitrogens with one attached hydrogen (secondary N) is 1. The van der Waals surface area contributed by atoms with Gasteiger partial charge in [0.25, 0.3) is 0 Å². The molecule has 1 aliphatic heterocycles. The highest BCUT2D eigenvalue weighted by Crippen LogP contribution is 2.38. The monoisotopic (exact) mass is 313 g/mol.